The number of nitrogens with one attached hydrogen (secondary N) is 1. The predicted octanol–water partition coefficient (Wildman–Crippen LogP) is 2.44. The lowest BCUT2D eigenvalue weighted by atomic mass is 9.75. The SMILES string of the molecule is CCC1CCC(NC(=O)c2cccnc2)(C(N)=S)CC1. The molecule has 0 spiro atoms. The Morgan fingerprint density at radius 1 is 1.55 bits per heavy atom. The first kappa shape index (κ1) is 14.9. The van der Waals surface area contributed by atoms with Gasteiger partial charge in [-0.3, -0.25) is 9.78 Å². The average molecular weight is 291 g/mol. The summed E-state index contributed by atoms with van der Waals surface area (Å²) in [6, 6.07) is 3.49. The summed E-state index contributed by atoms with van der Waals surface area (Å²) in [4.78, 5) is 16.7. The van der Waals surface area contributed by atoms with E-state index in [4.69, 9.17) is 18.0 Å². The fourth-order valence-corrected chi connectivity index (χ4v) is 3.05. The topological polar surface area (TPSA) is 68.0 Å². The van der Waals surface area contributed by atoms with E-state index in [9.17, 15) is 4.79 Å². The van der Waals surface area contributed by atoms with Crippen LogP contribution in [0.3, 0.4) is 0 Å². The number of aromatic nitrogens is 1. The third-order valence-corrected chi connectivity index (χ3v) is 4.68. The number of thiocarbonyl (C=S) groups is 1. The van der Waals surface area contributed by atoms with Crippen LogP contribution >= 0.6 is 12.2 Å². The largest absolute Gasteiger partial charge is 0.391 e. The zero-order valence-corrected chi connectivity index (χ0v) is 12.6. The maximum absolute atomic E-state index is 12.3. The van der Waals surface area contributed by atoms with Crippen molar-refractivity contribution in [1.29, 1.82) is 0 Å². The maximum Gasteiger partial charge on any atom is 0.253 e. The molecule has 2 rings (SSSR count). The Morgan fingerprint density at radius 2 is 2.25 bits per heavy atom. The third kappa shape index (κ3) is 3.15. The lowest BCUT2D eigenvalue weighted by Crippen LogP contribution is -2.58. The maximum atomic E-state index is 12.3. The van der Waals surface area contributed by atoms with Gasteiger partial charge in [-0.05, 0) is 43.7 Å². The van der Waals surface area contributed by atoms with Crippen molar-refractivity contribution in [3.63, 3.8) is 0 Å². The summed E-state index contributed by atoms with van der Waals surface area (Å²) in [5.74, 6) is 0.564. The zero-order valence-electron chi connectivity index (χ0n) is 11.8. The molecule has 0 unspecified atom stereocenters. The van der Waals surface area contributed by atoms with Crippen LogP contribution in [0, 0.1) is 5.92 Å². The van der Waals surface area contributed by atoms with E-state index in [1.165, 1.54) is 6.42 Å². The molecule has 1 saturated carbocycles. The second kappa shape index (κ2) is 6.31. The second-order valence-corrected chi connectivity index (χ2v) is 5.93. The Hall–Kier alpha value is -1.49. The van der Waals surface area contributed by atoms with Gasteiger partial charge in [0.15, 0.2) is 0 Å². The molecule has 3 N–H and O–H groups in total. The first-order chi connectivity index (χ1) is 9.57. The molecule has 5 heteroatoms. The van der Waals surface area contributed by atoms with Crippen LogP contribution in [0.5, 0.6) is 0 Å². The van der Waals surface area contributed by atoms with E-state index >= 15 is 0 Å². The van der Waals surface area contributed by atoms with Gasteiger partial charge < -0.3 is 11.1 Å². The third-order valence-electron chi connectivity index (χ3n) is 4.28. The second-order valence-electron chi connectivity index (χ2n) is 5.49. The fourth-order valence-electron chi connectivity index (χ4n) is 2.80. The number of hydrogen-bond donors (Lipinski definition) is 2. The number of carbonyl (C=O) groups is 1. The molecule has 108 valence electrons. The molecule has 1 aromatic rings. The molecule has 0 aromatic carbocycles. The van der Waals surface area contributed by atoms with E-state index in [2.05, 4.69) is 17.2 Å². The summed E-state index contributed by atoms with van der Waals surface area (Å²) < 4.78 is 0. The smallest absolute Gasteiger partial charge is 0.253 e. The van der Waals surface area contributed by atoms with Gasteiger partial charge in [-0.1, -0.05) is 25.6 Å². The van der Waals surface area contributed by atoms with Gasteiger partial charge >= 0.3 is 0 Å². The minimum absolute atomic E-state index is 0.152. The normalized spacial score (nSPS) is 25.9. The summed E-state index contributed by atoms with van der Waals surface area (Å²) in [7, 11) is 0. The van der Waals surface area contributed by atoms with Crippen LogP contribution in [-0.2, 0) is 0 Å². The van der Waals surface area contributed by atoms with Crippen LogP contribution < -0.4 is 11.1 Å². The first-order valence-electron chi connectivity index (χ1n) is 7.10. The number of amides is 1. The van der Waals surface area contributed by atoms with Crippen LogP contribution in [0.1, 0.15) is 49.4 Å². The van der Waals surface area contributed by atoms with Crippen LogP contribution in [0.15, 0.2) is 24.5 Å². The molecule has 1 aliphatic rings. The van der Waals surface area contributed by atoms with E-state index in [0.29, 0.717) is 16.5 Å². The molecule has 20 heavy (non-hydrogen) atoms. The molecule has 1 aliphatic carbocycles. The highest BCUT2D eigenvalue weighted by molar-refractivity contribution is 7.80. The molecule has 0 atom stereocenters. The van der Waals surface area contributed by atoms with Crippen molar-refractivity contribution in [1.82, 2.24) is 10.3 Å². The van der Waals surface area contributed by atoms with Gasteiger partial charge in [0.1, 0.15) is 0 Å². The Labute approximate surface area is 125 Å². The number of carbonyl (C=O) groups excluding carboxylic acids is 1. The minimum Gasteiger partial charge on any atom is -0.391 e. The number of hydrogen-bond acceptors (Lipinski definition) is 3. The van der Waals surface area contributed by atoms with E-state index in [1.807, 2.05) is 0 Å². The van der Waals surface area contributed by atoms with Gasteiger partial charge in [-0.2, -0.15) is 0 Å². The fraction of sp³-hybridized carbons (Fsp3) is 0.533. The zero-order chi connectivity index (χ0) is 14.6. The summed E-state index contributed by atoms with van der Waals surface area (Å²) in [6.07, 6.45) is 8.14. The summed E-state index contributed by atoms with van der Waals surface area (Å²) in [5, 5.41) is 3.05. The Morgan fingerprint density at radius 3 is 2.75 bits per heavy atom. The molecule has 0 bridgehead atoms. The van der Waals surface area contributed by atoms with Crippen molar-refractivity contribution in [3.8, 4) is 0 Å². The van der Waals surface area contributed by atoms with E-state index < -0.39 is 5.54 Å². The molecule has 1 fully saturated rings. The molecule has 0 aliphatic heterocycles. The van der Waals surface area contributed by atoms with Gasteiger partial charge in [-0.15, -0.1) is 0 Å². The monoisotopic (exact) mass is 291 g/mol. The lowest BCUT2D eigenvalue weighted by molar-refractivity contribution is 0.0898. The highest BCUT2D eigenvalue weighted by atomic mass is 32.1. The Balaban J connectivity index is 2.11. The minimum atomic E-state index is -0.534. The van der Waals surface area contributed by atoms with Crippen molar-refractivity contribution in [3.05, 3.63) is 30.1 Å². The molecule has 1 amide bonds. The quantitative estimate of drug-likeness (QED) is 0.836. The van der Waals surface area contributed by atoms with Crippen LogP contribution in [-0.4, -0.2) is 21.4 Å². The highest BCUT2D eigenvalue weighted by Gasteiger charge is 2.39. The van der Waals surface area contributed by atoms with E-state index in [0.717, 1.165) is 25.7 Å². The van der Waals surface area contributed by atoms with Gasteiger partial charge in [0, 0.05) is 12.4 Å². The summed E-state index contributed by atoms with van der Waals surface area (Å²) in [5.41, 5.74) is 5.93. The molecule has 0 saturated heterocycles. The number of nitrogens with zero attached hydrogens (tertiary/aromatic N) is 1. The van der Waals surface area contributed by atoms with E-state index in [1.54, 1.807) is 24.5 Å². The van der Waals surface area contributed by atoms with Gasteiger partial charge in [0.25, 0.3) is 5.91 Å². The van der Waals surface area contributed by atoms with Crippen LogP contribution in [0.25, 0.3) is 0 Å². The molecule has 1 aromatic heterocycles. The molecule has 0 radical (unpaired) electrons. The Bertz CT molecular complexity index is 481. The van der Waals surface area contributed by atoms with Crippen LogP contribution in [0.2, 0.25) is 0 Å². The van der Waals surface area contributed by atoms with Crippen molar-refractivity contribution in [2.45, 2.75) is 44.6 Å². The number of rotatable bonds is 4. The lowest BCUT2D eigenvalue weighted by Gasteiger charge is -2.40. The molecular weight excluding hydrogens is 270 g/mol. The molecule has 4 nitrogen and oxygen atoms in total. The summed E-state index contributed by atoms with van der Waals surface area (Å²) in [6.45, 7) is 2.20. The Kier molecular flexibility index (Phi) is 4.70. The number of nitrogens with two attached hydrogens (primary N) is 1. The van der Waals surface area contributed by atoms with Crippen LogP contribution in [0.4, 0.5) is 0 Å². The van der Waals surface area contributed by atoms with Crippen molar-refractivity contribution >= 4 is 23.1 Å². The first-order valence-corrected chi connectivity index (χ1v) is 7.50. The van der Waals surface area contributed by atoms with Crippen molar-refractivity contribution < 1.29 is 4.79 Å². The van der Waals surface area contributed by atoms with Crippen molar-refractivity contribution in [2.75, 3.05) is 0 Å². The average Bonchev–Trinajstić information content (AvgIpc) is 2.48. The summed E-state index contributed by atoms with van der Waals surface area (Å²) >= 11 is 5.22. The predicted molar refractivity (Wildman–Crippen MR) is 83.5 cm³/mol. The highest BCUT2D eigenvalue weighted by Crippen LogP contribution is 2.34. The van der Waals surface area contributed by atoms with Gasteiger partial charge in [0.2, 0.25) is 0 Å². The molecule has 1 heterocycles. The molecular formula is C15H21N3OS. The van der Waals surface area contributed by atoms with Gasteiger partial charge in [-0.25, -0.2) is 0 Å². The standard InChI is InChI=1S/C15H21N3OS/c1-2-11-5-7-15(8-6-11,14(16)20)18-13(19)12-4-3-9-17-10-12/h3-4,9-11H,2,5-8H2,1H3,(H2,16,20)(H,18,19). The van der Waals surface area contributed by atoms with Gasteiger partial charge in [0.05, 0.1) is 16.1 Å². The number of pyridine rings is 1. The van der Waals surface area contributed by atoms with E-state index in [-0.39, 0.29) is 5.91 Å². The van der Waals surface area contributed by atoms with Crippen molar-refractivity contribution in [2.24, 2.45) is 11.7 Å².